The van der Waals surface area contributed by atoms with Crippen molar-refractivity contribution in [1.29, 1.82) is 0 Å². The number of nitrogens with one attached hydrogen (secondary N) is 2. The first-order chi connectivity index (χ1) is 10.2. The lowest BCUT2D eigenvalue weighted by Crippen LogP contribution is -2.38. The molecule has 0 amide bonds. The lowest BCUT2D eigenvalue weighted by atomic mass is 10.1. The average Bonchev–Trinajstić information content (AvgIpc) is 2.91. The normalized spacial score (nSPS) is 12.4. The van der Waals surface area contributed by atoms with E-state index in [0.29, 0.717) is 6.54 Å². The second-order valence-corrected chi connectivity index (χ2v) is 4.77. The van der Waals surface area contributed by atoms with Crippen LogP contribution in [0.5, 0.6) is 0 Å². The number of nitrogens with zero attached hydrogens (tertiary/aromatic N) is 4. The van der Waals surface area contributed by atoms with E-state index in [0.717, 1.165) is 18.3 Å². The molecule has 2 aromatic rings. The molecule has 0 aliphatic heterocycles. The number of aryl methyl sites for hydroxylation is 1. The molecule has 1 unspecified atom stereocenters. The monoisotopic (exact) mass is 414 g/mol. The maximum Gasteiger partial charge on any atom is 0.192 e. The van der Waals surface area contributed by atoms with Crippen molar-refractivity contribution in [2.75, 3.05) is 6.54 Å². The van der Waals surface area contributed by atoms with Crippen LogP contribution in [0.1, 0.15) is 31.3 Å². The molecule has 0 aliphatic rings. The van der Waals surface area contributed by atoms with Crippen LogP contribution in [-0.4, -0.2) is 27.3 Å². The Morgan fingerprint density at radius 1 is 1.32 bits per heavy atom. The largest absolute Gasteiger partial charge is 0.357 e. The highest BCUT2D eigenvalue weighted by Crippen LogP contribution is 2.10. The molecule has 6 nitrogen and oxygen atoms in total. The minimum absolute atomic E-state index is 0. The zero-order chi connectivity index (χ0) is 15.1. The van der Waals surface area contributed by atoms with Gasteiger partial charge in [0.1, 0.15) is 18.7 Å². The highest BCUT2D eigenvalue weighted by Gasteiger charge is 2.07. The first kappa shape index (κ1) is 18.4. The minimum Gasteiger partial charge on any atom is -0.357 e. The van der Waals surface area contributed by atoms with E-state index in [9.17, 15) is 0 Å². The van der Waals surface area contributed by atoms with Gasteiger partial charge in [0.25, 0.3) is 0 Å². The van der Waals surface area contributed by atoms with E-state index in [1.165, 1.54) is 11.9 Å². The fourth-order valence-corrected chi connectivity index (χ4v) is 1.96. The van der Waals surface area contributed by atoms with E-state index in [1.807, 2.05) is 32.2 Å². The SMILES string of the molecule is CCNC(=NCc1ncnn1C)NC(C)c1ccccc1.I. The molecule has 22 heavy (non-hydrogen) atoms. The predicted octanol–water partition coefficient (Wildman–Crippen LogP) is 2.25. The number of halogens is 1. The Morgan fingerprint density at radius 2 is 2.05 bits per heavy atom. The van der Waals surface area contributed by atoms with Crippen LogP contribution < -0.4 is 10.6 Å². The van der Waals surface area contributed by atoms with Gasteiger partial charge in [-0.05, 0) is 19.4 Å². The van der Waals surface area contributed by atoms with Crippen LogP contribution >= 0.6 is 24.0 Å². The van der Waals surface area contributed by atoms with Gasteiger partial charge in [0.2, 0.25) is 0 Å². The van der Waals surface area contributed by atoms with Gasteiger partial charge in [-0.3, -0.25) is 4.68 Å². The van der Waals surface area contributed by atoms with E-state index in [-0.39, 0.29) is 30.0 Å². The van der Waals surface area contributed by atoms with E-state index < -0.39 is 0 Å². The highest BCUT2D eigenvalue weighted by atomic mass is 127. The number of aliphatic imine (C=N–C) groups is 1. The summed E-state index contributed by atoms with van der Waals surface area (Å²) in [6, 6.07) is 10.5. The van der Waals surface area contributed by atoms with Crippen LogP contribution in [0, 0.1) is 0 Å². The highest BCUT2D eigenvalue weighted by molar-refractivity contribution is 14.0. The quantitative estimate of drug-likeness (QED) is 0.448. The van der Waals surface area contributed by atoms with Crippen molar-refractivity contribution >= 4 is 29.9 Å². The zero-order valence-corrected chi connectivity index (χ0v) is 15.5. The Bertz CT molecular complexity index is 581. The number of benzene rings is 1. The fraction of sp³-hybridized carbons (Fsp3) is 0.400. The number of rotatable bonds is 5. The van der Waals surface area contributed by atoms with E-state index in [2.05, 4.69) is 44.8 Å². The molecule has 0 fully saturated rings. The first-order valence-electron chi connectivity index (χ1n) is 7.13. The van der Waals surface area contributed by atoms with E-state index in [4.69, 9.17) is 0 Å². The molecule has 0 saturated heterocycles. The summed E-state index contributed by atoms with van der Waals surface area (Å²) in [5.41, 5.74) is 1.22. The summed E-state index contributed by atoms with van der Waals surface area (Å²) >= 11 is 0. The van der Waals surface area contributed by atoms with Gasteiger partial charge in [-0.25, -0.2) is 9.98 Å². The molecule has 0 aliphatic carbocycles. The van der Waals surface area contributed by atoms with Crippen molar-refractivity contribution in [3.8, 4) is 0 Å². The lowest BCUT2D eigenvalue weighted by molar-refractivity contribution is 0.672. The van der Waals surface area contributed by atoms with Gasteiger partial charge < -0.3 is 10.6 Å². The second-order valence-electron chi connectivity index (χ2n) is 4.77. The molecule has 1 atom stereocenters. The third kappa shape index (κ3) is 5.28. The van der Waals surface area contributed by atoms with Crippen molar-refractivity contribution in [1.82, 2.24) is 25.4 Å². The van der Waals surface area contributed by atoms with Crippen molar-refractivity contribution in [3.63, 3.8) is 0 Å². The summed E-state index contributed by atoms with van der Waals surface area (Å²) in [6.07, 6.45) is 1.54. The number of guanidine groups is 1. The molecule has 0 radical (unpaired) electrons. The molecule has 0 saturated carbocycles. The van der Waals surface area contributed by atoms with Gasteiger partial charge in [-0.15, -0.1) is 24.0 Å². The molecule has 7 heteroatoms. The molecule has 120 valence electrons. The van der Waals surface area contributed by atoms with Gasteiger partial charge in [-0.2, -0.15) is 5.10 Å². The van der Waals surface area contributed by atoms with Crippen LogP contribution in [0.25, 0.3) is 0 Å². The Hall–Kier alpha value is -1.64. The van der Waals surface area contributed by atoms with Crippen molar-refractivity contribution in [2.24, 2.45) is 12.0 Å². The Labute approximate surface area is 148 Å². The third-order valence-electron chi connectivity index (χ3n) is 3.18. The van der Waals surface area contributed by atoms with Gasteiger partial charge in [-0.1, -0.05) is 30.3 Å². The maximum atomic E-state index is 4.55. The van der Waals surface area contributed by atoms with Gasteiger partial charge in [0, 0.05) is 13.6 Å². The second kappa shape index (κ2) is 9.39. The Kier molecular flexibility index (Phi) is 7.86. The first-order valence-corrected chi connectivity index (χ1v) is 7.13. The van der Waals surface area contributed by atoms with E-state index in [1.54, 1.807) is 4.68 Å². The van der Waals surface area contributed by atoms with Crippen LogP contribution in [0.3, 0.4) is 0 Å². The van der Waals surface area contributed by atoms with Crippen molar-refractivity contribution in [3.05, 3.63) is 48.0 Å². The van der Waals surface area contributed by atoms with Crippen LogP contribution in [0.15, 0.2) is 41.7 Å². The fourth-order valence-electron chi connectivity index (χ4n) is 1.96. The summed E-state index contributed by atoms with van der Waals surface area (Å²) in [7, 11) is 1.87. The molecular weight excluding hydrogens is 391 g/mol. The standard InChI is InChI=1S/C15H22N6.HI/c1-4-16-15(17-10-14-18-11-19-21(14)3)20-12(2)13-8-6-5-7-9-13;/h5-9,11-12H,4,10H2,1-3H3,(H2,16,17,20);1H. The summed E-state index contributed by atoms with van der Waals surface area (Å²) in [5, 5.41) is 10.7. The minimum atomic E-state index is 0. The topological polar surface area (TPSA) is 67.1 Å². The molecule has 1 aromatic carbocycles. The van der Waals surface area contributed by atoms with Crippen molar-refractivity contribution in [2.45, 2.75) is 26.4 Å². The number of hydrogen-bond acceptors (Lipinski definition) is 3. The summed E-state index contributed by atoms with van der Waals surface area (Å²) in [5.74, 6) is 1.61. The number of aromatic nitrogens is 3. The molecule has 0 bridgehead atoms. The van der Waals surface area contributed by atoms with Gasteiger partial charge in [0.05, 0.1) is 6.04 Å². The summed E-state index contributed by atoms with van der Waals surface area (Å²) < 4.78 is 1.73. The zero-order valence-electron chi connectivity index (χ0n) is 13.2. The smallest absolute Gasteiger partial charge is 0.192 e. The summed E-state index contributed by atoms with van der Waals surface area (Å²) in [6.45, 7) is 5.47. The Morgan fingerprint density at radius 3 is 2.64 bits per heavy atom. The molecule has 1 aromatic heterocycles. The third-order valence-corrected chi connectivity index (χ3v) is 3.18. The van der Waals surface area contributed by atoms with Crippen LogP contribution in [0.2, 0.25) is 0 Å². The average molecular weight is 414 g/mol. The molecule has 1 heterocycles. The molecule has 2 N–H and O–H groups in total. The lowest BCUT2D eigenvalue weighted by Gasteiger charge is -2.18. The maximum absolute atomic E-state index is 4.55. The van der Waals surface area contributed by atoms with Gasteiger partial charge in [0.15, 0.2) is 5.96 Å². The predicted molar refractivity (Wildman–Crippen MR) is 99.2 cm³/mol. The Balaban J connectivity index is 0.00000242. The van der Waals surface area contributed by atoms with Crippen LogP contribution in [0.4, 0.5) is 0 Å². The van der Waals surface area contributed by atoms with Gasteiger partial charge >= 0.3 is 0 Å². The van der Waals surface area contributed by atoms with Crippen molar-refractivity contribution < 1.29 is 0 Å². The van der Waals surface area contributed by atoms with E-state index >= 15 is 0 Å². The number of hydrogen-bond donors (Lipinski definition) is 2. The molecule has 0 spiro atoms. The summed E-state index contributed by atoms with van der Waals surface area (Å²) in [4.78, 5) is 8.73. The molecule has 2 rings (SSSR count). The molecular formula is C15H23IN6. The van der Waals surface area contributed by atoms with Crippen LogP contribution in [-0.2, 0) is 13.6 Å².